The second-order valence-corrected chi connectivity index (χ2v) is 5.42. The van der Waals surface area contributed by atoms with Gasteiger partial charge in [-0.05, 0) is 52.8 Å². The van der Waals surface area contributed by atoms with Gasteiger partial charge in [0, 0.05) is 10.7 Å². The molecule has 2 aromatic rings. The molecule has 0 fully saturated rings. The van der Waals surface area contributed by atoms with E-state index in [-0.39, 0.29) is 6.04 Å². The number of rotatable bonds is 3. The molecule has 19 heavy (non-hydrogen) atoms. The van der Waals surface area contributed by atoms with Gasteiger partial charge >= 0.3 is 0 Å². The zero-order chi connectivity index (χ0) is 13.7. The van der Waals surface area contributed by atoms with Gasteiger partial charge in [0.1, 0.15) is 5.82 Å². The van der Waals surface area contributed by atoms with Crippen LogP contribution in [0.5, 0.6) is 0 Å². The first-order valence-corrected chi connectivity index (χ1v) is 7.09. The van der Waals surface area contributed by atoms with Crippen LogP contribution in [-0.4, -0.2) is 10.1 Å². The number of nitrogens with zero attached hydrogens (tertiary/aromatic N) is 1. The van der Waals surface area contributed by atoms with Gasteiger partial charge in [0.15, 0.2) is 5.11 Å². The molecule has 0 unspecified atom stereocenters. The average molecular weight is 336 g/mol. The van der Waals surface area contributed by atoms with Gasteiger partial charge in [0.05, 0.1) is 6.04 Å². The normalized spacial score (nSPS) is 11.7. The van der Waals surface area contributed by atoms with Crippen molar-refractivity contribution in [1.82, 2.24) is 10.3 Å². The molecule has 0 saturated carbocycles. The van der Waals surface area contributed by atoms with E-state index in [0.29, 0.717) is 5.11 Å². The summed E-state index contributed by atoms with van der Waals surface area (Å²) in [4.78, 5) is 4.21. The highest BCUT2D eigenvalue weighted by Crippen LogP contribution is 2.13. The fraction of sp³-hybridized carbons (Fsp3) is 0.143. The fourth-order valence-electron chi connectivity index (χ4n) is 1.62. The first kappa shape index (κ1) is 14.0. The number of hydrogen-bond donors (Lipinski definition) is 2. The van der Waals surface area contributed by atoms with E-state index in [4.69, 9.17) is 12.2 Å². The van der Waals surface area contributed by atoms with Crippen molar-refractivity contribution in [2.24, 2.45) is 0 Å². The van der Waals surface area contributed by atoms with E-state index >= 15 is 0 Å². The van der Waals surface area contributed by atoms with Gasteiger partial charge in [-0.3, -0.25) is 0 Å². The van der Waals surface area contributed by atoms with Crippen molar-refractivity contribution in [3.8, 4) is 0 Å². The number of anilines is 1. The summed E-state index contributed by atoms with van der Waals surface area (Å²) in [6.45, 7) is 2.07. The molecule has 0 spiro atoms. The topological polar surface area (TPSA) is 37.0 Å². The molecule has 0 amide bonds. The van der Waals surface area contributed by atoms with Crippen LogP contribution in [0.1, 0.15) is 18.5 Å². The lowest BCUT2D eigenvalue weighted by Crippen LogP contribution is -2.31. The Balaban J connectivity index is 1.93. The van der Waals surface area contributed by atoms with Crippen LogP contribution in [-0.2, 0) is 0 Å². The average Bonchev–Trinajstić information content (AvgIpc) is 2.42. The van der Waals surface area contributed by atoms with Crippen molar-refractivity contribution >= 4 is 39.1 Å². The highest BCUT2D eigenvalue weighted by Gasteiger charge is 2.06. The highest BCUT2D eigenvalue weighted by atomic mass is 79.9. The molecule has 0 saturated heterocycles. The predicted octanol–water partition coefficient (Wildman–Crippen LogP) is 3.89. The molecule has 3 nitrogen and oxygen atoms in total. The summed E-state index contributed by atoms with van der Waals surface area (Å²) in [7, 11) is 0. The number of pyridine rings is 1. The molecule has 5 heteroatoms. The van der Waals surface area contributed by atoms with Crippen molar-refractivity contribution in [3.05, 3.63) is 58.7 Å². The van der Waals surface area contributed by atoms with E-state index in [0.717, 1.165) is 10.3 Å². The lowest BCUT2D eigenvalue weighted by Gasteiger charge is -2.17. The SMILES string of the molecule is C[C@@H](NC(=S)Nc1ccc(Br)cn1)c1ccccc1. The predicted molar refractivity (Wildman–Crippen MR) is 86.2 cm³/mol. The van der Waals surface area contributed by atoms with Gasteiger partial charge in [0.2, 0.25) is 0 Å². The van der Waals surface area contributed by atoms with E-state index in [2.05, 4.69) is 50.6 Å². The Bertz CT molecular complexity index is 542. The van der Waals surface area contributed by atoms with Gasteiger partial charge in [-0.25, -0.2) is 4.98 Å². The maximum absolute atomic E-state index is 5.27. The molecule has 1 aromatic heterocycles. The minimum Gasteiger partial charge on any atom is -0.356 e. The Labute approximate surface area is 126 Å². The lowest BCUT2D eigenvalue weighted by molar-refractivity contribution is 0.722. The zero-order valence-corrected chi connectivity index (χ0v) is 12.8. The largest absolute Gasteiger partial charge is 0.356 e. The molecular weight excluding hydrogens is 322 g/mol. The van der Waals surface area contributed by atoms with Crippen LogP contribution in [0, 0.1) is 0 Å². The van der Waals surface area contributed by atoms with Gasteiger partial charge in [-0.1, -0.05) is 30.3 Å². The molecule has 0 aliphatic heterocycles. The molecular formula is C14H14BrN3S. The maximum atomic E-state index is 5.27. The lowest BCUT2D eigenvalue weighted by atomic mass is 10.1. The van der Waals surface area contributed by atoms with Crippen LogP contribution in [0.3, 0.4) is 0 Å². The third-order valence-corrected chi connectivity index (χ3v) is 3.31. The van der Waals surface area contributed by atoms with Crippen molar-refractivity contribution in [2.45, 2.75) is 13.0 Å². The number of benzene rings is 1. The van der Waals surface area contributed by atoms with E-state index in [9.17, 15) is 0 Å². The summed E-state index contributed by atoms with van der Waals surface area (Å²) in [6, 6.07) is 14.1. The smallest absolute Gasteiger partial charge is 0.172 e. The Morgan fingerprint density at radius 1 is 1.21 bits per heavy atom. The molecule has 0 aliphatic rings. The second kappa shape index (κ2) is 6.63. The second-order valence-electron chi connectivity index (χ2n) is 4.09. The fourth-order valence-corrected chi connectivity index (χ4v) is 2.14. The molecule has 2 N–H and O–H groups in total. The van der Waals surface area contributed by atoms with Gasteiger partial charge in [0.25, 0.3) is 0 Å². The monoisotopic (exact) mass is 335 g/mol. The molecule has 0 bridgehead atoms. The van der Waals surface area contributed by atoms with E-state index in [1.807, 2.05) is 30.3 Å². The number of hydrogen-bond acceptors (Lipinski definition) is 2. The first-order chi connectivity index (χ1) is 9.15. The highest BCUT2D eigenvalue weighted by molar-refractivity contribution is 9.10. The van der Waals surface area contributed by atoms with E-state index in [1.54, 1.807) is 6.20 Å². The summed E-state index contributed by atoms with van der Waals surface area (Å²) in [5, 5.41) is 6.85. The number of nitrogens with one attached hydrogen (secondary N) is 2. The zero-order valence-electron chi connectivity index (χ0n) is 10.4. The summed E-state index contributed by atoms with van der Waals surface area (Å²) in [5.41, 5.74) is 1.19. The third-order valence-electron chi connectivity index (χ3n) is 2.62. The summed E-state index contributed by atoms with van der Waals surface area (Å²) < 4.78 is 0.939. The number of aromatic nitrogens is 1. The summed E-state index contributed by atoms with van der Waals surface area (Å²) in [5.74, 6) is 0.723. The first-order valence-electron chi connectivity index (χ1n) is 5.89. The quantitative estimate of drug-likeness (QED) is 0.834. The van der Waals surface area contributed by atoms with Crippen molar-refractivity contribution in [2.75, 3.05) is 5.32 Å². The molecule has 0 radical (unpaired) electrons. The van der Waals surface area contributed by atoms with Crippen LogP contribution in [0.2, 0.25) is 0 Å². The molecule has 98 valence electrons. The van der Waals surface area contributed by atoms with Gasteiger partial charge in [-0.2, -0.15) is 0 Å². The molecule has 1 aromatic carbocycles. The van der Waals surface area contributed by atoms with Crippen LogP contribution >= 0.6 is 28.1 Å². The molecule has 2 rings (SSSR count). The van der Waals surface area contributed by atoms with Crippen LogP contribution < -0.4 is 10.6 Å². The van der Waals surface area contributed by atoms with Gasteiger partial charge in [-0.15, -0.1) is 0 Å². The van der Waals surface area contributed by atoms with Crippen LogP contribution in [0.25, 0.3) is 0 Å². The molecule has 1 heterocycles. The van der Waals surface area contributed by atoms with Gasteiger partial charge < -0.3 is 10.6 Å². The Kier molecular flexibility index (Phi) is 4.87. The Morgan fingerprint density at radius 2 is 1.95 bits per heavy atom. The number of halogens is 1. The van der Waals surface area contributed by atoms with Crippen molar-refractivity contribution in [3.63, 3.8) is 0 Å². The molecule has 1 atom stereocenters. The van der Waals surface area contributed by atoms with Crippen LogP contribution in [0.4, 0.5) is 5.82 Å². The minimum absolute atomic E-state index is 0.150. The number of thiocarbonyl (C=S) groups is 1. The summed E-state index contributed by atoms with van der Waals surface area (Å²) >= 11 is 8.61. The standard InChI is InChI=1S/C14H14BrN3S/c1-10(11-5-3-2-4-6-11)17-14(19)18-13-8-7-12(15)9-16-13/h2-10H,1H3,(H2,16,17,18,19)/t10-/m1/s1. The maximum Gasteiger partial charge on any atom is 0.172 e. The Morgan fingerprint density at radius 3 is 2.58 bits per heavy atom. The third kappa shape index (κ3) is 4.29. The van der Waals surface area contributed by atoms with E-state index in [1.165, 1.54) is 5.56 Å². The minimum atomic E-state index is 0.150. The molecule has 0 aliphatic carbocycles. The Hall–Kier alpha value is -1.46. The van der Waals surface area contributed by atoms with Crippen molar-refractivity contribution < 1.29 is 0 Å². The van der Waals surface area contributed by atoms with Crippen molar-refractivity contribution in [1.29, 1.82) is 0 Å². The summed E-state index contributed by atoms with van der Waals surface area (Å²) in [6.07, 6.45) is 1.73. The van der Waals surface area contributed by atoms with E-state index < -0.39 is 0 Å². The van der Waals surface area contributed by atoms with Crippen LogP contribution in [0.15, 0.2) is 53.1 Å².